The van der Waals surface area contributed by atoms with Crippen molar-refractivity contribution in [2.24, 2.45) is 0 Å². The van der Waals surface area contributed by atoms with E-state index in [-0.39, 0.29) is 0 Å². The number of hydrogen-bond acceptors (Lipinski definition) is 1. The standard InChI is InChI=1S/C6H5O.3C4H9.Sn/c7-5-6-3-1-2-4-6;3*1-3-4-2;/h1-3,5,7H;3*1,3-4H2,2H3;. The van der Waals surface area contributed by atoms with Crippen molar-refractivity contribution in [1.82, 2.24) is 0 Å². The zero-order valence-electron chi connectivity index (χ0n) is 13.6. The van der Waals surface area contributed by atoms with Crippen molar-refractivity contribution in [3.8, 4) is 0 Å². The molecule has 114 valence electrons. The average molecular weight is 383 g/mol. The molecule has 0 saturated carbocycles. The first-order valence-electron chi connectivity index (χ1n) is 8.47. The fraction of sp³-hybridized carbons (Fsp3) is 0.667. The van der Waals surface area contributed by atoms with Gasteiger partial charge in [0, 0.05) is 0 Å². The van der Waals surface area contributed by atoms with Crippen molar-refractivity contribution in [3.63, 3.8) is 0 Å². The van der Waals surface area contributed by atoms with Crippen LogP contribution in [0.4, 0.5) is 0 Å². The van der Waals surface area contributed by atoms with Crippen LogP contribution in [0.2, 0.25) is 13.3 Å². The number of hydrogen-bond donors (Lipinski definition) is 1. The van der Waals surface area contributed by atoms with Gasteiger partial charge in [-0.25, -0.2) is 0 Å². The molecule has 0 amide bonds. The molecule has 0 bridgehead atoms. The number of aliphatic hydroxyl groups is 1. The van der Waals surface area contributed by atoms with E-state index in [2.05, 4.69) is 39.0 Å². The quantitative estimate of drug-likeness (QED) is 0.346. The summed E-state index contributed by atoms with van der Waals surface area (Å²) in [6.07, 6.45) is 16.0. The molecule has 0 aromatic heterocycles. The van der Waals surface area contributed by atoms with Gasteiger partial charge in [-0.1, -0.05) is 0 Å². The van der Waals surface area contributed by atoms with Gasteiger partial charge < -0.3 is 0 Å². The van der Waals surface area contributed by atoms with E-state index in [1.165, 1.54) is 58.1 Å². The fourth-order valence-electron chi connectivity index (χ4n) is 3.35. The van der Waals surface area contributed by atoms with Gasteiger partial charge in [-0.15, -0.1) is 0 Å². The van der Waals surface area contributed by atoms with Crippen molar-refractivity contribution in [1.29, 1.82) is 0 Å². The summed E-state index contributed by atoms with van der Waals surface area (Å²) in [7, 11) is 0. The SMILES string of the molecule is CCC[CH2][Sn]([CH2]CCC)([CH2]CCC)[C]1=CC=CC1=CO. The Morgan fingerprint density at radius 2 is 1.45 bits per heavy atom. The zero-order chi connectivity index (χ0) is 14.8. The van der Waals surface area contributed by atoms with E-state index >= 15 is 0 Å². The molecular weight excluding hydrogens is 351 g/mol. The van der Waals surface area contributed by atoms with Gasteiger partial charge in [-0.2, -0.15) is 0 Å². The topological polar surface area (TPSA) is 20.2 Å². The third kappa shape index (κ3) is 4.68. The van der Waals surface area contributed by atoms with Crippen LogP contribution in [0.3, 0.4) is 0 Å². The Hall–Kier alpha value is -0.181. The summed E-state index contributed by atoms with van der Waals surface area (Å²) in [5.41, 5.74) is 1.13. The minimum absolute atomic E-state index is 1.13. The molecule has 20 heavy (non-hydrogen) atoms. The first kappa shape index (κ1) is 17.9. The molecule has 1 N–H and O–H groups in total. The summed E-state index contributed by atoms with van der Waals surface area (Å²) in [4.78, 5) is 0. The molecule has 0 aromatic rings. The molecule has 0 aliphatic heterocycles. The summed E-state index contributed by atoms with van der Waals surface area (Å²) >= 11 is -2.32. The van der Waals surface area contributed by atoms with Crippen LogP contribution in [0.25, 0.3) is 0 Å². The average Bonchev–Trinajstić information content (AvgIpc) is 2.96. The van der Waals surface area contributed by atoms with Gasteiger partial charge in [0.05, 0.1) is 0 Å². The summed E-state index contributed by atoms with van der Waals surface area (Å²) in [6, 6.07) is 0. The Kier molecular flexibility index (Phi) is 8.67. The second-order valence-corrected chi connectivity index (χ2v) is 19.2. The molecule has 1 rings (SSSR count). The molecule has 1 nitrogen and oxygen atoms in total. The van der Waals surface area contributed by atoms with Crippen LogP contribution >= 0.6 is 0 Å². The number of rotatable bonds is 10. The van der Waals surface area contributed by atoms with Gasteiger partial charge in [-0.3, -0.25) is 0 Å². The van der Waals surface area contributed by atoms with Crippen LogP contribution in [0.1, 0.15) is 59.3 Å². The molecule has 0 heterocycles. The van der Waals surface area contributed by atoms with Crippen LogP contribution < -0.4 is 0 Å². The van der Waals surface area contributed by atoms with Gasteiger partial charge in [0.2, 0.25) is 0 Å². The maximum absolute atomic E-state index is 9.56. The van der Waals surface area contributed by atoms with Crippen molar-refractivity contribution in [2.75, 3.05) is 0 Å². The second-order valence-electron chi connectivity index (χ2n) is 6.11. The van der Waals surface area contributed by atoms with Gasteiger partial charge in [0.15, 0.2) is 0 Å². The van der Waals surface area contributed by atoms with Crippen LogP contribution in [-0.2, 0) is 0 Å². The predicted molar refractivity (Wildman–Crippen MR) is 92.8 cm³/mol. The van der Waals surface area contributed by atoms with Crippen molar-refractivity contribution >= 4 is 18.4 Å². The molecule has 1 aliphatic carbocycles. The third-order valence-electron chi connectivity index (χ3n) is 4.59. The normalized spacial score (nSPS) is 16.9. The number of allylic oxidation sites excluding steroid dienone is 5. The van der Waals surface area contributed by atoms with Gasteiger partial charge in [0.1, 0.15) is 0 Å². The first-order valence-corrected chi connectivity index (χ1v) is 16.0. The molecule has 0 unspecified atom stereocenters. The van der Waals surface area contributed by atoms with Crippen LogP contribution in [0.15, 0.2) is 33.7 Å². The molecular formula is C18H32OSn. The maximum atomic E-state index is 9.56. The molecule has 1 aliphatic rings. The van der Waals surface area contributed by atoms with Crippen LogP contribution in [0.5, 0.6) is 0 Å². The number of aliphatic hydroxyl groups excluding tert-OH is 1. The first-order chi connectivity index (χ1) is 9.74. The molecule has 0 fully saturated rings. The van der Waals surface area contributed by atoms with Gasteiger partial charge in [-0.05, 0) is 0 Å². The van der Waals surface area contributed by atoms with E-state index in [4.69, 9.17) is 0 Å². The van der Waals surface area contributed by atoms with E-state index in [1.807, 2.05) is 0 Å². The Balaban J connectivity index is 3.00. The third-order valence-corrected chi connectivity index (χ3v) is 20.4. The summed E-state index contributed by atoms with van der Waals surface area (Å²) in [5.74, 6) is 0. The number of unbranched alkanes of at least 4 members (excludes halogenated alkanes) is 3. The van der Waals surface area contributed by atoms with E-state index in [1.54, 1.807) is 3.59 Å². The Morgan fingerprint density at radius 3 is 1.85 bits per heavy atom. The molecule has 2 heteroatoms. The second kappa shape index (κ2) is 9.70. The molecule has 0 aromatic carbocycles. The monoisotopic (exact) mass is 384 g/mol. The van der Waals surface area contributed by atoms with Crippen molar-refractivity contribution in [3.05, 3.63) is 33.7 Å². The van der Waals surface area contributed by atoms with E-state index in [0.717, 1.165) is 5.57 Å². The molecule has 0 atom stereocenters. The van der Waals surface area contributed by atoms with Crippen molar-refractivity contribution < 1.29 is 5.11 Å². The minimum atomic E-state index is -2.32. The van der Waals surface area contributed by atoms with E-state index in [0.29, 0.717) is 0 Å². The predicted octanol–water partition coefficient (Wildman–Crippen LogP) is 6.31. The molecule has 0 radical (unpaired) electrons. The van der Waals surface area contributed by atoms with Crippen molar-refractivity contribution in [2.45, 2.75) is 72.6 Å². The van der Waals surface area contributed by atoms with Gasteiger partial charge in [0.25, 0.3) is 0 Å². The fourth-order valence-corrected chi connectivity index (χ4v) is 20.1. The van der Waals surface area contributed by atoms with Crippen LogP contribution in [-0.4, -0.2) is 23.5 Å². The van der Waals surface area contributed by atoms with Crippen LogP contribution in [0, 0.1) is 0 Å². The molecule has 0 saturated heterocycles. The van der Waals surface area contributed by atoms with Gasteiger partial charge >= 0.3 is 130 Å². The Bertz CT molecular complexity index is 344. The summed E-state index contributed by atoms with van der Waals surface area (Å²) in [6.45, 7) is 6.92. The Labute approximate surface area is 129 Å². The Morgan fingerprint density at radius 1 is 0.950 bits per heavy atom. The summed E-state index contributed by atoms with van der Waals surface area (Å²) < 4.78 is 6.00. The van der Waals surface area contributed by atoms with E-state index in [9.17, 15) is 5.11 Å². The van der Waals surface area contributed by atoms with E-state index < -0.39 is 18.4 Å². The zero-order valence-corrected chi connectivity index (χ0v) is 16.5. The molecule has 0 spiro atoms. The summed E-state index contributed by atoms with van der Waals surface area (Å²) in [5, 5.41) is 9.56.